The molecule has 4 rings (SSSR count). The normalized spacial score (nSPS) is 10.9. The summed E-state index contributed by atoms with van der Waals surface area (Å²) in [6, 6.07) is 13.5. The highest BCUT2D eigenvalue weighted by Gasteiger charge is 2.17. The molecule has 0 radical (unpaired) electrons. The van der Waals surface area contributed by atoms with Gasteiger partial charge in [-0.05, 0) is 36.4 Å². The van der Waals surface area contributed by atoms with E-state index in [0.29, 0.717) is 12.1 Å². The number of benzene rings is 2. The first-order valence-electron chi connectivity index (χ1n) is 8.37. The van der Waals surface area contributed by atoms with Crippen molar-refractivity contribution >= 4 is 16.9 Å². The van der Waals surface area contributed by atoms with Crippen LogP contribution in [0.1, 0.15) is 16.1 Å². The fraction of sp³-hybridized carbons (Fsp3) is 0.100. The lowest BCUT2D eigenvalue weighted by Crippen LogP contribution is -2.27. The van der Waals surface area contributed by atoms with Gasteiger partial charge in [-0.1, -0.05) is 12.1 Å². The number of fused-ring (bicyclic) bond motifs is 1. The van der Waals surface area contributed by atoms with Gasteiger partial charge in [-0.15, -0.1) is 0 Å². The quantitative estimate of drug-likeness (QED) is 0.604. The van der Waals surface area contributed by atoms with Crippen LogP contribution in [0.5, 0.6) is 0 Å². The number of rotatable bonds is 4. The third-order valence-corrected chi connectivity index (χ3v) is 4.27. The number of aromatic amines is 1. The van der Waals surface area contributed by atoms with Gasteiger partial charge in [0.2, 0.25) is 0 Å². The fourth-order valence-electron chi connectivity index (χ4n) is 2.88. The molecule has 0 atom stereocenters. The van der Waals surface area contributed by atoms with E-state index in [9.17, 15) is 9.18 Å². The molecule has 2 aromatic carbocycles. The third-order valence-electron chi connectivity index (χ3n) is 4.27. The van der Waals surface area contributed by atoms with Gasteiger partial charge < -0.3 is 4.90 Å². The molecule has 0 fully saturated rings. The highest BCUT2D eigenvalue weighted by atomic mass is 19.1. The lowest BCUT2D eigenvalue weighted by molar-refractivity contribution is 0.0779. The lowest BCUT2D eigenvalue weighted by atomic mass is 10.1. The van der Waals surface area contributed by atoms with Crippen molar-refractivity contribution in [2.24, 2.45) is 0 Å². The smallest absolute Gasteiger partial charge is 0.274 e. The summed E-state index contributed by atoms with van der Waals surface area (Å²) in [5, 5.41) is 6.97. The van der Waals surface area contributed by atoms with E-state index in [1.54, 1.807) is 30.3 Å². The van der Waals surface area contributed by atoms with Gasteiger partial charge in [0.05, 0.1) is 29.1 Å². The summed E-state index contributed by atoms with van der Waals surface area (Å²) in [6.07, 6.45) is 3.14. The maximum absolute atomic E-state index is 13.2. The van der Waals surface area contributed by atoms with Crippen molar-refractivity contribution in [3.8, 4) is 11.3 Å². The second-order valence-corrected chi connectivity index (χ2v) is 6.18. The Morgan fingerprint density at radius 2 is 1.81 bits per heavy atom. The minimum atomic E-state index is -0.304. The van der Waals surface area contributed by atoms with Gasteiger partial charge in [-0.2, -0.15) is 5.10 Å². The fourth-order valence-corrected chi connectivity index (χ4v) is 2.88. The van der Waals surface area contributed by atoms with Gasteiger partial charge >= 0.3 is 0 Å². The number of aromatic nitrogens is 4. The van der Waals surface area contributed by atoms with E-state index in [1.165, 1.54) is 18.3 Å². The Morgan fingerprint density at radius 1 is 1.07 bits per heavy atom. The Bertz CT molecular complexity index is 1110. The molecule has 1 amide bonds. The first-order chi connectivity index (χ1) is 13.1. The average Bonchev–Trinajstić information content (AvgIpc) is 3.15. The van der Waals surface area contributed by atoms with E-state index in [4.69, 9.17) is 0 Å². The van der Waals surface area contributed by atoms with Crippen LogP contribution in [0.4, 0.5) is 4.39 Å². The molecule has 0 spiro atoms. The molecule has 134 valence electrons. The van der Waals surface area contributed by atoms with Crippen molar-refractivity contribution in [3.05, 3.63) is 78.0 Å². The maximum Gasteiger partial charge on any atom is 0.274 e. The number of hydrogen-bond donors (Lipinski definition) is 1. The van der Waals surface area contributed by atoms with Gasteiger partial charge in [0.25, 0.3) is 5.91 Å². The van der Waals surface area contributed by atoms with Crippen LogP contribution in [-0.2, 0) is 6.54 Å². The first kappa shape index (κ1) is 16.8. The Kier molecular flexibility index (Phi) is 4.33. The molecule has 0 aliphatic rings. The van der Waals surface area contributed by atoms with Crippen molar-refractivity contribution < 1.29 is 9.18 Å². The molecule has 4 aromatic rings. The predicted octanol–water partition coefficient (Wildman–Crippen LogP) is 3.43. The summed E-state index contributed by atoms with van der Waals surface area (Å²) in [7, 11) is 1.70. The van der Waals surface area contributed by atoms with Crippen molar-refractivity contribution in [2.75, 3.05) is 7.05 Å². The number of nitrogens with zero attached hydrogens (tertiary/aromatic N) is 4. The standard InChI is InChI=1S/C20H16FN5O/c1-26(20(27)18-11-22-16-4-2-3-5-17(16)24-18)12-14-10-23-25-19(14)13-6-8-15(21)9-7-13/h2-11H,12H2,1H3,(H,23,25). The summed E-state index contributed by atoms with van der Waals surface area (Å²) >= 11 is 0. The van der Waals surface area contributed by atoms with Gasteiger partial charge in [0.1, 0.15) is 11.5 Å². The monoisotopic (exact) mass is 361 g/mol. The molecule has 6 nitrogen and oxygen atoms in total. The number of H-pyrrole nitrogens is 1. The highest BCUT2D eigenvalue weighted by Crippen LogP contribution is 2.22. The molecule has 0 saturated carbocycles. The second kappa shape index (κ2) is 6.95. The molecule has 0 bridgehead atoms. The Hall–Kier alpha value is -3.61. The number of carbonyl (C=O) groups is 1. The van der Waals surface area contributed by atoms with E-state index in [-0.39, 0.29) is 17.4 Å². The van der Waals surface area contributed by atoms with Gasteiger partial charge in [-0.3, -0.25) is 14.9 Å². The van der Waals surface area contributed by atoms with Crippen molar-refractivity contribution in [2.45, 2.75) is 6.54 Å². The molecule has 7 heteroatoms. The van der Waals surface area contributed by atoms with E-state index >= 15 is 0 Å². The Morgan fingerprint density at radius 3 is 2.59 bits per heavy atom. The number of amides is 1. The third kappa shape index (κ3) is 3.39. The van der Waals surface area contributed by atoms with Crippen LogP contribution in [0.3, 0.4) is 0 Å². The van der Waals surface area contributed by atoms with E-state index in [1.807, 2.05) is 24.3 Å². The van der Waals surface area contributed by atoms with Crippen LogP contribution in [0.2, 0.25) is 0 Å². The summed E-state index contributed by atoms with van der Waals surface area (Å²) in [5.74, 6) is -0.540. The largest absolute Gasteiger partial charge is 0.336 e. The summed E-state index contributed by atoms with van der Waals surface area (Å²) in [6.45, 7) is 0.330. The molecule has 0 aliphatic heterocycles. The highest BCUT2D eigenvalue weighted by molar-refractivity contribution is 5.93. The molecule has 2 heterocycles. The van der Waals surface area contributed by atoms with Crippen molar-refractivity contribution in [1.82, 2.24) is 25.1 Å². The van der Waals surface area contributed by atoms with Crippen molar-refractivity contribution in [1.29, 1.82) is 0 Å². The lowest BCUT2D eigenvalue weighted by Gasteiger charge is -2.17. The zero-order chi connectivity index (χ0) is 18.8. The summed E-state index contributed by atoms with van der Waals surface area (Å²) in [4.78, 5) is 23.0. The minimum Gasteiger partial charge on any atom is -0.336 e. The van der Waals surface area contributed by atoms with Crippen LogP contribution in [0.25, 0.3) is 22.3 Å². The Balaban J connectivity index is 1.57. The molecule has 0 saturated heterocycles. The molecular formula is C20H16FN5O. The van der Waals surface area contributed by atoms with Crippen LogP contribution < -0.4 is 0 Å². The van der Waals surface area contributed by atoms with Crippen molar-refractivity contribution in [3.63, 3.8) is 0 Å². The molecule has 0 aliphatic carbocycles. The number of nitrogens with one attached hydrogen (secondary N) is 1. The maximum atomic E-state index is 13.2. The van der Waals surface area contributed by atoms with Crippen LogP contribution in [0.15, 0.2) is 60.9 Å². The minimum absolute atomic E-state index is 0.237. The SMILES string of the molecule is CN(Cc1cn[nH]c1-c1ccc(F)cc1)C(=O)c1cnc2ccccc2n1. The zero-order valence-electron chi connectivity index (χ0n) is 14.6. The topological polar surface area (TPSA) is 74.8 Å². The molecule has 0 unspecified atom stereocenters. The second-order valence-electron chi connectivity index (χ2n) is 6.18. The van der Waals surface area contributed by atoms with Gasteiger partial charge in [-0.25, -0.2) is 9.37 Å². The van der Waals surface area contributed by atoms with Crippen LogP contribution in [0, 0.1) is 5.82 Å². The predicted molar refractivity (Wildman–Crippen MR) is 99.3 cm³/mol. The van der Waals surface area contributed by atoms with Crippen LogP contribution >= 0.6 is 0 Å². The number of carbonyl (C=O) groups excluding carboxylic acids is 1. The Labute approximate surface area is 154 Å². The van der Waals surface area contributed by atoms with E-state index < -0.39 is 0 Å². The molecular weight excluding hydrogens is 345 g/mol. The molecule has 1 N–H and O–H groups in total. The summed E-state index contributed by atoms with van der Waals surface area (Å²) in [5.41, 5.74) is 4.07. The van der Waals surface area contributed by atoms with Gasteiger partial charge in [0, 0.05) is 24.7 Å². The number of halogens is 1. The number of para-hydroxylation sites is 2. The number of hydrogen-bond acceptors (Lipinski definition) is 4. The molecule has 2 aromatic heterocycles. The average molecular weight is 361 g/mol. The first-order valence-corrected chi connectivity index (χ1v) is 8.37. The van der Waals surface area contributed by atoms with E-state index in [0.717, 1.165) is 22.3 Å². The summed E-state index contributed by atoms with van der Waals surface area (Å²) < 4.78 is 13.2. The van der Waals surface area contributed by atoms with E-state index in [2.05, 4.69) is 20.2 Å². The van der Waals surface area contributed by atoms with Crippen LogP contribution in [-0.4, -0.2) is 38.0 Å². The zero-order valence-corrected chi connectivity index (χ0v) is 14.6. The molecule has 27 heavy (non-hydrogen) atoms. The van der Waals surface area contributed by atoms with Gasteiger partial charge in [0.15, 0.2) is 0 Å².